The number of rotatable bonds is 7. The lowest BCUT2D eigenvalue weighted by molar-refractivity contribution is -0.137. The number of piperidine rings is 1. The summed E-state index contributed by atoms with van der Waals surface area (Å²) in [5.41, 5.74) is 2.95. The number of aromatic nitrogens is 1. The van der Waals surface area contributed by atoms with Gasteiger partial charge in [-0.25, -0.2) is 0 Å². The van der Waals surface area contributed by atoms with Crippen LogP contribution in [0.1, 0.15) is 63.4 Å². The monoisotopic (exact) mass is 437 g/mol. The van der Waals surface area contributed by atoms with Crippen LogP contribution >= 0.6 is 0 Å². The van der Waals surface area contributed by atoms with Crippen LogP contribution in [0.2, 0.25) is 0 Å². The fraction of sp³-hybridized carbons (Fsp3) is 0.615. The van der Waals surface area contributed by atoms with Crippen LogP contribution < -0.4 is 4.90 Å². The molecule has 6 heteroatoms. The van der Waals surface area contributed by atoms with Crippen LogP contribution in [0.15, 0.2) is 34.9 Å². The number of carbonyl (C=O) groups excluding carboxylic acids is 1. The molecule has 1 amide bonds. The van der Waals surface area contributed by atoms with Gasteiger partial charge in [-0.15, -0.1) is 0 Å². The molecule has 3 aliphatic rings. The molecule has 1 aromatic heterocycles. The van der Waals surface area contributed by atoms with Gasteiger partial charge in [0.15, 0.2) is 0 Å². The Bertz CT molecular complexity index is 879. The van der Waals surface area contributed by atoms with Crippen LogP contribution in [0, 0.1) is 5.92 Å². The van der Waals surface area contributed by atoms with Gasteiger partial charge in [0.2, 0.25) is 11.8 Å². The molecule has 0 spiro atoms. The van der Waals surface area contributed by atoms with E-state index in [0.717, 1.165) is 80.9 Å². The average molecular weight is 438 g/mol. The van der Waals surface area contributed by atoms with E-state index in [2.05, 4.69) is 27.1 Å². The van der Waals surface area contributed by atoms with E-state index in [-0.39, 0.29) is 17.9 Å². The number of hydrogen-bond donors (Lipinski definition) is 0. The molecule has 6 nitrogen and oxygen atoms in total. The summed E-state index contributed by atoms with van der Waals surface area (Å²) in [5.74, 6) is 1.28. The molecule has 0 N–H and O–H groups in total. The van der Waals surface area contributed by atoms with E-state index in [0.29, 0.717) is 13.1 Å². The van der Waals surface area contributed by atoms with Crippen molar-refractivity contribution in [1.29, 1.82) is 0 Å². The van der Waals surface area contributed by atoms with Crippen molar-refractivity contribution in [3.05, 3.63) is 35.9 Å². The van der Waals surface area contributed by atoms with Crippen LogP contribution in [0.4, 0.5) is 5.88 Å². The molecule has 0 radical (unpaired) electrons. The number of nitrogens with zero attached hydrogens (tertiary/aromatic N) is 3. The third kappa shape index (κ3) is 4.70. The minimum atomic E-state index is 0.138. The van der Waals surface area contributed by atoms with Crippen molar-refractivity contribution >= 4 is 11.8 Å². The summed E-state index contributed by atoms with van der Waals surface area (Å²) >= 11 is 0. The molecule has 2 aromatic rings. The van der Waals surface area contributed by atoms with Crippen molar-refractivity contribution in [2.75, 3.05) is 31.1 Å². The smallest absolute Gasteiger partial charge is 0.232 e. The van der Waals surface area contributed by atoms with E-state index >= 15 is 0 Å². The van der Waals surface area contributed by atoms with Crippen LogP contribution in [0.25, 0.3) is 11.3 Å². The summed E-state index contributed by atoms with van der Waals surface area (Å²) in [6.07, 6.45) is 10.2. The topological polar surface area (TPSA) is 58.8 Å². The number of benzene rings is 1. The van der Waals surface area contributed by atoms with E-state index in [1.807, 2.05) is 18.2 Å². The normalized spacial score (nSPS) is 21.9. The average Bonchev–Trinajstić information content (AvgIpc) is 3.61. The summed E-state index contributed by atoms with van der Waals surface area (Å²) in [6, 6.07) is 10.2. The minimum Gasteiger partial charge on any atom is -0.376 e. The van der Waals surface area contributed by atoms with Crippen LogP contribution in [0.3, 0.4) is 0 Å². The van der Waals surface area contributed by atoms with Crippen LogP contribution in [0.5, 0.6) is 0 Å². The molecule has 1 atom stereocenters. The van der Waals surface area contributed by atoms with Crippen molar-refractivity contribution in [2.24, 2.45) is 5.92 Å². The molecule has 2 aliphatic heterocycles. The van der Waals surface area contributed by atoms with Gasteiger partial charge < -0.3 is 19.1 Å². The van der Waals surface area contributed by atoms with E-state index in [1.165, 1.54) is 19.3 Å². The zero-order valence-electron chi connectivity index (χ0n) is 19.0. The van der Waals surface area contributed by atoms with Gasteiger partial charge in [-0.05, 0) is 44.9 Å². The Morgan fingerprint density at radius 1 is 1.00 bits per heavy atom. The van der Waals surface area contributed by atoms with Gasteiger partial charge in [-0.1, -0.05) is 48.3 Å². The number of carbonyl (C=O) groups is 1. The zero-order valence-corrected chi connectivity index (χ0v) is 19.0. The second-order valence-corrected chi connectivity index (χ2v) is 9.56. The molecular formula is C26H35N3O3. The van der Waals surface area contributed by atoms with E-state index in [9.17, 15) is 4.79 Å². The Morgan fingerprint density at radius 3 is 2.50 bits per heavy atom. The maximum absolute atomic E-state index is 13.6. The summed E-state index contributed by atoms with van der Waals surface area (Å²) in [6.45, 7) is 3.97. The molecule has 3 fully saturated rings. The van der Waals surface area contributed by atoms with Crippen molar-refractivity contribution in [2.45, 2.75) is 70.4 Å². The quantitative estimate of drug-likeness (QED) is 0.608. The molecule has 1 aromatic carbocycles. The molecule has 0 bridgehead atoms. The largest absolute Gasteiger partial charge is 0.376 e. The number of anilines is 1. The predicted molar refractivity (Wildman–Crippen MR) is 124 cm³/mol. The molecule has 2 saturated heterocycles. The van der Waals surface area contributed by atoms with Gasteiger partial charge >= 0.3 is 0 Å². The highest BCUT2D eigenvalue weighted by Gasteiger charge is 2.33. The molecule has 5 rings (SSSR count). The van der Waals surface area contributed by atoms with Crippen molar-refractivity contribution < 1.29 is 14.1 Å². The highest BCUT2D eigenvalue weighted by molar-refractivity contribution is 5.80. The van der Waals surface area contributed by atoms with Crippen LogP contribution in [-0.4, -0.2) is 48.3 Å². The maximum Gasteiger partial charge on any atom is 0.232 e. The van der Waals surface area contributed by atoms with Gasteiger partial charge in [0.25, 0.3) is 0 Å². The summed E-state index contributed by atoms with van der Waals surface area (Å²) < 4.78 is 11.9. The number of ether oxygens (including phenoxy) is 1. The zero-order chi connectivity index (χ0) is 21.8. The highest BCUT2D eigenvalue weighted by atomic mass is 16.5. The van der Waals surface area contributed by atoms with Gasteiger partial charge in [0.1, 0.15) is 5.69 Å². The van der Waals surface area contributed by atoms with E-state index in [4.69, 9.17) is 9.26 Å². The summed E-state index contributed by atoms with van der Waals surface area (Å²) in [7, 11) is 0. The second-order valence-electron chi connectivity index (χ2n) is 9.56. The summed E-state index contributed by atoms with van der Waals surface area (Å²) in [5, 5.41) is 4.52. The first-order chi connectivity index (χ1) is 15.8. The Balaban J connectivity index is 1.47. The number of amides is 1. The van der Waals surface area contributed by atoms with Gasteiger partial charge in [0.05, 0.1) is 18.2 Å². The van der Waals surface area contributed by atoms with Crippen LogP contribution in [-0.2, 0) is 16.1 Å². The first-order valence-electron chi connectivity index (χ1n) is 12.5. The molecular weight excluding hydrogens is 402 g/mol. The van der Waals surface area contributed by atoms with E-state index in [1.54, 1.807) is 0 Å². The Labute approximate surface area is 190 Å². The third-order valence-corrected chi connectivity index (χ3v) is 7.27. The van der Waals surface area contributed by atoms with Crippen molar-refractivity contribution in [3.63, 3.8) is 0 Å². The third-order valence-electron chi connectivity index (χ3n) is 7.27. The number of hydrogen-bond acceptors (Lipinski definition) is 5. The molecule has 1 saturated carbocycles. The van der Waals surface area contributed by atoms with Gasteiger partial charge in [0, 0.05) is 37.7 Å². The molecule has 1 unspecified atom stereocenters. The Hall–Kier alpha value is -2.34. The fourth-order valence-corrected chi connectivity index (χ4v) is 5.50. The minimum absolute atomic E-state index is 0.138. The highest BCUT2D eigenvalue weighted by Crippen LogP contribution is 2.35. The van der Waals surface area contributed by atoms with Crippen molar-refractivity contribution in [3.8, 4) is 11.3 Å². The second kappa shape index (κ2) is 10.1. The van der Waals surface area contributed by atoms with Crippen molar-refractivity contribution in [1.82, 2.24) is 10.1 Å². The standard InChI is InChI=1S/C26H35N3O3/c30-25(21-12-5-6-13-21)29(18-22-14-9-17-31-22)19-23-24(20-10-3-1-4-11-20)27-32-26(23)28-15-7-2-8-16-28/h1,3-4,10-11,21-22H,2,5-9,12-19H2. The summed E-state index contributed by atoms with van der Waals surface area (Å²) in [4.78, 5) is 18.0. The van der Waals surface area contributed by atoms with Gasteiger partial charge in [-0.2, -0.15) is 0 Å². The fourth-order valence-electron chi connectivity index (χ4n) is 5.50. The lowest BCUT2D eigenvalue weighted by Gasteiger charge is -2.30. The van der Waals surface area contributed by atoms with E-state index < -0.39 is 0 Å². The predicted octanol–water partition coefficient (Wildman–Crippen LogP) is 5.03. The maximum atomic E-state index is 13.6. The van der Waals surface area contributed by atoms with Gasteiger partial charge in [-0.3, -0.25) is 4.79 Å². The Kier molecular flexibility index (Phi) is 6.77. The lowest BCUT2D eigenvalue weighted by atomic mass is 10.0. The molecule has 1 aliphatic carbocycles. The lowest BCUT2D eigenvalue weighted by Crippen LogP contribution is -2.40. The molecule has 172 valence electrons. The first kappa shape index (κ1) is 21.5. The molecule has 32 heavy (non-hydrogen) atoms. The Morgan fingerprint density at radius 2 is 1.78 bits per heavy atom. The molecule has 3 heterocycles. The SMILES string of the molecule is O=C(C1CCCC1)N(Cc1c(-c2ccccc2)noc1N1CCCCC1)CC1CCCO1. The first-order valence-corrected chi connectivity index (χ1v) is 12.5.